The number of hydrogen-bond donors (Lipinski definition) is 4. The van der Waals surface area contributed by atoms with E-state index in [0.717, 1.165) is 17.5 Å². The van der Waals surface area contributed by atoms with E-state index in [9.17, 15) is 20.4 Å². The maximum absolute atomic E-state index is 10.4. The number of halogens is 1. The van der Waals surface area contributed by atoms with E-state index < -0.39 is 37.1 Å². The van der Waals surface area contributed by atoms with Gasteiger partial charge in [-0.25, -0.2) is 0 Å². The van der Waals surface area contributed by atoms with Crippen LogP contribution in [0.1, 0.15) is 36.6 Å². The van der Waals surface area contributed by atoms with Crippen molar-refractivity contribution in [3.63, 3.8) is 0 Å². The zero-order chi connectivity index (χ0) is 20.5. The van der Waals surface area contributed by atoms with Crippen molar-refractivity contribution in [2.75, 3.05) is 6.61 Å². The molecule has 0 saturated carbocycles. The molecule has 1 aliphatic heterocycles. The molecule has 2 aromatic carbocycles. The standard InChI is InChI=1S/C21H25ClO5/c1-2-12-3-5-13(6-4-12)9-15-10-14(7-8-16(15)22)21-20(26)19(25)18(24)17(11-23)27-21/h3-8,10,17-21,23-26H,2,9,11H2,1H3/t17-,18-,19+,20-,21+/m1/s1/i21D. The molecule has 0 bridgehead atoms. The number of ether oxygens (including phenoxy) is 1. The lowest BCUT2D eigenvalue weighted by atomic mass is 9.90. The quantitative estimate of drug-likeness (QED) is 0.624. The Labute approximate surface area is 165 Å². The normalized spacial score (nSPS) is 31.6. The van der Waals surface area contributed by atoms with Gasteiger partial charge in [0, 0.05) is 5.02 Å². The third-order valence-electron chi connectivity index (χ3n) is 4.94. The molecule has 1 fully saturated rings. The van der Waals surface area contributed by atoms with Gasteiger partial charge in [0.1, 0.15) is 30.5 Å². The second-order valence-electron chi connectivity index (χ2n) is 6.78. The highest BCUT2D eigenvalue weighted by Crippen LogP contribution is 2.34. The van der Waals surface area contributed by atoms with Gasteiger partial charge >= 0.3 is 0 Å². The monoisotopic (exact) mass is 393 g/mol. The topological polar surface area (TPSA) is 90.2 Å². The first-order valence-corrected chi connectivity index (χ1v) is 9.37. The van der Waals surface area contributed by atoms with E-state index in [4.69, 9.17) is 17.7 Å². The molecular weight excluding hydrogens is 368 g/mol. The molecule has 0 aromatic heterocycles. The third-order valence-corrected chi connectivity index (χ3v) is 5.31. The number of rotatable bonds is 5. The molecule has 0 amide bonds. The molecule has 5 nitrogen and oxygen atoms in total. The van der Waals surface area contributed by atoms with Crippen molar-refractivity contribution < 1.29 is 26.5 Å². The fourth-order valence-corrected chi connectivity index (χ4v) is 3.41. The number of aryl methyl sites for hydroxylation is 1. The van der Waals surface area contributed by atoms with E-state index >= 15 is 0 Å². The summed E-state index contributed by atoms with van der Waals surface area (Å²) in [5.41, 5.74) is 3.31. The first-order chi connectivity index (χ1) is 13.3. The van der Waals surface area contributed by atoms with Crippen LogP contribution in [0.15, 0.2) is 42.5 Å². The molecule has 1 heterocycles. The molecule has 4 N–H and O–H groups in total. The lowest BCUT2D eigenvalue weighted by molar-refractivity contribution is -0.231. The number of aliphatic hydroxyl groups is 4. The Bertz CT molecular complexity index is 813. The molecule has 27 heavy (non-hydrogen) atoms. The van der Waals surface area contributed by atoms with E-state index in [1.54, 1.807) is 18.2 Å². The van der Waals surface area contributed by atoms with Crippen molar-refractivity contribution in [3.05, 3.63) is 69.7 Å². The maximum atomic E-state index is 10.4. The van der Waals surface area contributed by atoms with Crippen LogP contribution in [0.5, 0.6) is 0 Å². The number of hydrogen-bond acceptors (Lipinski definition) is 5. The van der Waals surface area contributed by atoms with Crippen molar-refractivity contribution in [2.45, 2.75) is 50.3 Å². The zero-order valence-electron chi connectivity index (χ0n) is 16.0. The molecule has 1 aliphatic rings. The van der Waals surface area contributed by atoms with E-state index in [0.29, 0.717) is 11.4 Å². The Hall–Kier alpha value is -1.47. The van der Waals surface area contributed by atoms with Crippen LogP contribution in [0.25, 0.3) is 0 Å². The smallest absolute Gasteiger partial charge is 0.113 e. The molecule has 5 atom stereocenters. The molecule has 0 radical (unpaired) electrons. The van der Waals surface area contributed by atoms with Crippen LogP contribution in [0.4, 0.5) is 0 Å². The highest BCUT2D eigenvalue weighted by molar-refractivity contribution is 6.31. The first kappa shape index (κ1) is 18.9. The number of benzene rings is 2. The predicted molar refractivity (Wildman–Crippen MR) is 103 cm³/mol. The average molecular weight is 394 g/mol. The van der Waals surface area contributed by atoms with Gasteiger partial charge in [0.05, 0.1) is 7.98 Å². The minimum absolute atomic E-state index is 0.286. The fraction of sp³-hybridized carbons (Fsp3) is 0.429. The minimum Gasteiger partial charge on any atom is -0.394 e. The molecule has 0 spiro atoms. The Morgan fingerprint density at radius 3 is 2.30 bits per heavy atom. The summed E-state index contributed by atoms with van der Waals surface area (Å²) in [7, 11) is 0. The molecule has 3 rings (SSSR count). The summed E-state index contributed by atoms with van der Waals surface area (Å²) >= 11 is 6.34. The van der Waals surface area contributed by atoms with Crippen LogP contribution < -0.4 is 0 Å². The van der Waals surface area contributed by atoms with Crippen LogP contribution in [-0.4, -0.2) is 51.4 Å². The second kappa shape index (κ2) is 8.69. The van der Waals surface area contributed by atoms with Crippen LogP contribution >= 0.6 is 11.6 Å². The van der Waals surface area contributed by atoms with Gasteiger partial charge in [0.25, 0.3) is 0 Å². The minimum atomic E-state index is -2.04. The van der Waals surface area contributed by atoms with Gasteiger partial charge in [-0.15, -0.1) is 0 Å². The van der Waals surface area contributed by atoms with Gasteiger partial charge in [-0.3, -0.25) is 0 Å². The Morgan fingerprint density at radius 1 is 1.00 bits per heavy atom. The summed E-state index contributed by atoms with van der Waals surface area (Å²) in [6, 6.07) is 13.0. The molecule has 0 unspecified atom stereocenters. The first-order valence-electron chi connectivity index (χ1n) is 9.49. The lowest BCUT2D eigenvalue weighted by Crippen LogP contribution is -2.55. The van der Waals surface area contributed by atoms with Crippen LogP contribution in [0, 0.1) is 0 Å². The Kier molecular flexibility index (Phi) is 6.08. The summed E-state index contributed by atoms with van der Waals surface area (Å²) < 4.78 is 14.1. The zero-order valence-corrected chi connectivity index (χ0v) is 15.8. The summed E-state index contributed by atoms with van der Waals surface area (Å²) in [5, 5.41) is 40.4. The number of aliphatic hydroxyl groups excluding tert-OH is 4. The molecule has 1 saturated heterocycles. The summed E-state index contributed by atoms with van der Waals surface area (Å²) in [5.74, 6) is 0. The van der Waals surface area contributed by atoms with Crippen LogP contribution in [-0.2, 0) is 17.6 Å². The van der Waals surface area contributed by atoms with Crippen LogP contribution in [0.2, 0.25) is 5.02 Å². The Balaban J connectivity index is 1.92. The van der Waals surface area contributed by atoms with Gasteiger partial charge < -0.3 is 25.2 Å². The van der Waals surface area contributed by atoms with Gasteiger partial charge in [-0.05, 0) is 41.2 Å². The van der Waals surface area contributed by atoms with Crippen molar-refractivity contribution in [1.29, 1.82) is 0 Å². The fourth-order valence-electron chi connectivity index (χ4n) is 3.22. The lowest BCUT2D eigenvalue weighted by Gasteiger charge is -2.40. The SMILES string of the molecule is [2H][C@@]1(c2ccc(Cl)c(Cc3ccc(CC)cc3)c2)O[C@H](CO)[C@@H](O)[C@H](O)[C@H]1O. The van der Waals surface area contributed by atoms with E-state index in [-0.39, 0.29) is 5.56 Å². The summed E-state index contributed by atoms with van der Waals surface area (Å²) in [6.45, 7) is 1.50. The summed E-state index contributed by atoms with van der Waals surface area (Å²) in [4.78, 5) is 0. The molecule has 2 aromatic rings. The largest absolute Gasteiger partial charge is 0.394 e. The van der Waals surface area contributed by atoms with Crippen molar-refractivity contribution in [1.82, 2.24) is 0 Å². The molecular formula is C21H25ClO5. The second-order valence-corrected chi connectivity index (χ2v) is 7.19. The van der Waals surface area contributed by atoms with Gasteiger partial charge in [-0.1, -0.05) is 54.9 Å². The highest BCUT2D eigenvalue weighted by atomic mass is 35.5. The highest BCUT2D eigenvalue weighted by Gasteiger charge is 2.43. The van der Waals surface area contributed by atoms with E-state index in [1.165, 1.54) is 5.56 Å². The van der Waals surface area contributed by atoms with Crippen molar-refractivity contribution in [3.8, 4) is 0 Å². The third kappa shape index (κ3) is 4.35. The molecule has 6 heteroatoms. The van der Waals surface area contributed by atoms with E-state index in [2.05, 4.69) is 19.1 Å². The van der Waals surface area contributed by atoms with Gasteiger partial charge in [0.15, 0.2) is 0 Å². The Morgan fingerprint density at radius 2 is 1.67 bits per heavy atom. The molecule has 146 valence electrons. The maximum Gasteiger partial charge on any atom is 0.113 e. The predicted octanol–water partition coefficient (Wildman–Crippen LogP) is 2.01. The van der Waals surface area contributed by atoms with Gasteiger partial charge in [0.2, 0.25) is 0 Å². The molecule has 0 aliphatic carbocycles. The van der Waals surface area contributed by atoms with Crippen molar-refractivity contribution >= 4 is 11.6 Å². The average Bonchev–Trinajstić information content (AvgIpc) is 2.71. The summed E-state index contributed by atoms with van der Waals surface area (Å²) in [6.07, 6.45) is -6.55. The van der Waals surface area contributed by atoms with E-state index in [1.807, 2.05) is 12.1 Å². The van der Waals surface area contributed by atoms with Crippen molar-refractivity contribution in [2.24, 2.45) is 0 Å². The van der Waals surface area contributed by atoms with Gasteiger partial charge in [-0.2, -0.15) is 0 Å². The van der Waals surface area contributed by atoms with Crippen LogP contribution in [0.3, 0.4) is 0 Å².